The third-order valence-electron chi connectivity index (χ3n) is 3.62. The van der Waals surface area contributed by atoms with E-state index in [1.54, 1.807) is 16.8 Å². The second-order valence-electron chi connectivity index (χ2n) is 5.03. The van der Waals surface area contributed by atoms with Crippen molar-refractivity contribution in [3.05, 3.63) is 64.6 Å². The van der Waals surface area contributed by atoms with Gasteiger partial charge in [0, 0.05) is 35.5 Å². The van der Waals surface area contributed by atoms with Gasteiger partial charge >= 0.3 is 0 Å². The van der Waals surface area contributed by atoms with E-state index in [9.17, 15) is 4.39 Å². The van der Waals surface area contributed by atoms with Crippen LogP contribution in [0, 0.1) is 5.82 Å². The molecule has 3 aromatic rings. The molecule has 0 aliphatic rings. The summed E-state index contributed by atoms with van der Waals surface area (Å²) in [5.74, 6) is -0.379. The van der Waals surface area contributed by atoms with Crippen molar-refractivity contribution in [2.45, 2.75) is 12.5 Å². The van der Waals surface area contributed by atoms with Crippen molar-refractivity contribution in [1.82, 2.24) is 9.78 Å². The van der Waals surface area contributed by atoms with Crippen LogP contribution in [0.2, 0.25) is 5.02 Å². The maximum atomic E-state index is 13.9. The van der Waals surface area contributed by atoms with Crippen LogP contribution in [0.25, 0.3) is 10.9 Å². The summed E-state index contributed by atoms with van der Waals surface area (Å²) in [6.07, 6.45) is 0.433. The SMILES string of the molecule is Cn1nc(CC(N)c2c(F)cccc2Cl)c2ccccc21. The Morgan fingerprint density at radius 2 is 2.00 bits per heavy atom. The average Bonchev–Trinajstić information content (AvgIpc) is 2.76. The Bertz CT molecular complexity index is 777. The van der Waals surface area contributed by atoms with Crippen LogP contribution >= 0.6 is 11.6 Å². The van der Waals surface area contributed by atoms with Gasteiger partial charge in [0.05, 0.1) is 11.2 Å². The van der Waals surface area contributed by atoms with Crippen LogP contribution in [0.1, 0.15) is 17.3 Å². The van der Waals surface area contributed by atoms with E-state index in [4.69, 9.17) is 17.3 Å². The third kappa shape index (κ3) is 2.52. The summed E-state index contributed by atoms with van der Waals surface area (Å²) in [5.41, 5.74) is 8.37. The van der Waals surface area contributed by atoms with Crippen molar-refractivity contribution in [1.29, 1.82) is 0 Å². The second kappa shape index (κ2) is 5.47. The van der Waals surface area contributed by atoms with Crippen LogP contribution in [0.3, 0.4) is 0 Å². The van der Waals surface area contributed by atoms with Crippen LogP contribution in [-0.4, -0.2) is 9.78 Å². The van der Waals surface area contributed by atoms with Gasteiger partial charge in [0.2, 0.25) is 0 Å². The van der Waals surface area contributed by atoms with Gasteiger partial charge in [0.1, 0.15) is 5.82 Å². The highest BCUT2D eigenvalue weighted by molar-refractivity contribution is 6.31. The van der Waals surface area contributed by atoms with Gasteiger partial charge in [-0.05, 0) is 18.2 Å². The normalized spacial score (nSPS) is 12.8. The zero-order chi connectivity index (χ0) is 15.0. The zero-order valence-electron chi connectivity index (χ0n) is 11.6. The van der Waals surface area contributed by atoms with Crippen LogP contribution in [0.5, 0.6) is 0 Å². The smallest absolute Gasteiger partial charge is 0.129 e. The van der Waals surface area contributed by atoms with Crippen LogP contribution < -0.4 is 5.73 Å². The molecule has 0 amide bonds. The minimum absolute atomic E-state index is 0.342. The molecule has 0 saturated heterocycles. The summed E-state index contributed by atoms with van der Waals surface area (Å²) in [7, 11) is 1.88. The molecule has 1 unspecified atom stereocenters. The van der Waals surface area contributed by atoms with Gasteiger partial charge in [-0.1, -0.05) is 35.9 Å². The largest absolute Gasteiger partial charge is 0.323 e. The molecular weight excluding hydrogens is 289 g/mol. The first-order valence-electron chi connectivity index (χ1n) is 6.68. The molecule has 0 spiro atoms. The van der Waals surface area contributed by atoms with E-state index in [0.717, 1.165) is 16.6 Å². The first-order chi connectivity index (χ1) is 10.1. The molecule has 108 valence electrons. The molecule has 1 heterocycles. The van der Waals surface area contributed by atoms with Crippen molar-refractivity contribution < 1.29 is 4.39 Å². The fourth-order valence-corrected chi connectivity index (χ4v) is 2.92. The van der Waals surface area contributed by atoms with Gasteiger partial charge in [-0.2, -0.15) is 5.10 Å². The summed E-state index contributed by atoms with van der Waals surface area (Å²) in [4.78, 5) is 0. The maximum absolute atomic E-state index is 13.9. The highest BCUT2D eigenvalue weighted by Crippen LogP contribution is 2.28. The molecule has 0 fully saturated rings. The fourth-order valence-electron chi connectivity index (χ4n) is 2.61. The molecule has 21 heavy (non-hydrogen) atoms. The first kappa shape index (κ1) is 14.0. The number of hydrogen-bond acceptors (Lipinski definition) is 2. The number of nitrogens with zero attached hydrogens (tertiary/aromatic N) is 2. The highest BCUT2D eigenvalue weighted by atomic mass is 35.5. The molecule has 5 heteroatoms. The Labute approximate surface area is 127 Å². The molecule has 0 aliphatic heterocycles. The number of halogens is 2. The topological polar surface area (TPSA) is 43.8 Å². The zero-order valence-corrected chi connectivity index (χ0v) is 12.3. The minimum Gasteiger partial charge on any atom is -0.323 e. The van der Waals surface area contributed by atoms with Gasteiger partial charge in [0.15, 0.2) is 0 Å². The number of aromatic nitrogens is 2. The predicted octanol–water partition coefficient (Wildman–Crippen LogP) is 3.61. The van der Waals surface area contributed by atoms with E-state index in [1.807, 2.05) is 31.3 Å². The van der Waals surface area contributed by atoms with Gasteiger partial charge in [-0.3, -0.25) is 4.68 Å². The Balaban J connectivity index is 1.99. The number of para-hydroxylation sites is 1. The number of hydrogen-bond donors (Lipinski definition) is 1. The monoisotopic (exact) mass is 303 g/mol. The molecule has 0 saturated carbocycles. The lowest BCUT2D eigenvalue weighted by molar-refractivity contribution is 0.576. The lowest BCUT2D eigenvalue weighted by Gasteiger charge is -2.13. The Hall–Kier alpha value is -1.91. The lowest BCUT2D eigenvalue weighted by Crippen LogP contribution is -2.16. The molecule has 0 aliphatic carbocycles. The van der Waals surface area contributed by atoms with Crippen molar-refractivity contribution in [3.8, 4) is 0 Å². The number of rotatable bonds is 3. The van der Waals surface area contributed by atoms with E-state index in [2.05, 4.69) is 5.10 Å². The fraction of sp³-hybridized carbons (Fsp3) is 0.188. The molecular formula is C16H15ClFN3. The van der Waals surface area contributed by atoms with Crippen molar-refractivity contribution >= 4 is 22.5 Å². The van der Waals surface area contributed by atoms with Gasteiger partial charge in [0.25, 0.3) is 0 Å². The number of fused-ring (bicyclic) bond motifs is 1. The number of aryl methyl sites for hydroxylation is 1. The molecule has 2 N–H and O–H groups in total. The molecule has 2 aromatic carbocycles. The maximum Gasteiger partial charge on any atom is 0.129 e. The van der Waals surface area contributed by atoms with Gasteiger partial charge < -0.3 is 5.73 Å². The number of benzene rings is 2. The van der Waals surface area contributed by atoms with E-state index >= 15 is 0 Å². The van der Waals surface area contributed by atoms with Crippen molar-refractivity contribution in [3.63, 3.8) is 0 Å². The lowest BCUT2D eigenvalue weighted by atomic mass is 10.0. The Morgan fingerprint density at radius 3 is 2.76 bits per heavy atom. The molecule has 1 atom stereocenters. The summed E-state index contributed by atoms with van der Waals surface area (Å²) in [6, 6.07) is 12.0. The van der Waals surface area contributed by atoms with Crippen molar-refractivity contribution in [2.75, 3.05) is 0 Å². The predicted molar refractivity (Wildman–Crippen MR) is 82.8 cm³/mol. The van der Waals surface area contributed by atoms with E-state index < -0.39 is 6.04 Å². The van der Waals surface area contributed by atoms with Crippen LogP contribution in [0.15, 0.2) is 42.5 Å². The second-order valence-corrected chi connectivity index (χ2v) is 5.44. The molecule has 1 aromatic heterocycles. The third-order valence-corrected chi connectivity index (χ3v) is 3.95. The summed E-state index contributed by atoms with van der Waals surface area (Å²) in [6.45, 7) is 0. The summed E-state index contributed by atoms with van der Waals surface area (Å²) < 4.78 is 15.7. The van der Waals surface area contributed by atoms with Gasteiger partial charge in [-0.25, -0.2) is 4.39 Å². The van der Waals surface area contributed by atoms with E-state index in [1.165, 1.54) is 6.07 Å². The summed E-state index contributed by atoms with van der Waals surface area (Å²) in [5, 5.41) is 5.87. The Kier molecular flexibility index (Phi) is 3.66. The average molecular weight is 304 g/mol. The standard InChI is InChI=1S/C16H15ClFN3/c1-21-15-8-3-2-5-10(15)14(20-21)9-13(19)16-11(17)6-4-7-12(16)18/h2-8,13H,9,19H2,1H3. The minimum atomic E-state index is -0.531. The van der Waals surface area contributed by atoms with Crippen LogP contribution in [0.4, 0.5) is 4.39 Å². The summed E-state index contributed by atoms with van der Waals surface area (Å²) >= 11 is 6.07. The van der Waals surface area contributed by atoms with E-state index in [-0.39, 0.29) is 5.82 Å². The quantitative estimate of drug-likeness (QED) is 0.803. The first-order valence-corrected chi connectivity index (χ1v) is 7.06. The van der Waals surface area contributed by atoms with Crippen LogP contribution in [-0.2, 0) is 13.5 Å². The Morgan fingerprint density at radius 1 is 1.24 bits per heavy atom. The molecule has 3 rings (SSSR count). The molecule has 3 nitrogen and oxygen atoms in total. The number of nitrogens with two attached hydrogens (primary N) is 1. The van der Waals surface area contributed by atoms with Crippen molar-refractivity contribution in [2.24, 2.45) is 12.8 Å². The van der Waals surface area contributed by atoms with E-state index in [0.29, 0.717) is 17.0 Å². The highest BCUT2D eigenvalue weighted by Gasteiger charge is 2.18. The molecule has 0 radical (unpaired) electrons. The molecule has 0 bridgehead atoms. The van der Waals surface area contributed by atoms with Gasteiger partial charge in [-0.15, -0.1) is 0 Å².